The summed E-state index contributed by atoms with van der Waals surface area (Å²) in [6.07, 6.45) is 3.33. The summed E-state index contributed by atoms with van der Waals surface area (Å²) in [4.78, 5) is 44.9. The Hall–Kier alpha value is -3.39. The van der Waals surface area contributed by atoms with Gasteiger partial charge in [-0.2, -0.15) is 0 Å². The molecule has 154 valence electrons. The molecular formula is C21H20ClN5O3. The van der Waals surface area contributed by atoms with Crippen LogP contribution in [0.25, 0.3) is 0 Å². The minimum absolute atomic E-state index is 0.108. The average molecular weight is 426 g/mol. The predicted octanol–water partition coefficient (Wildman–Crippen LogP) is 1.84. The molecule has 0 fully saturated rings. The largest absolute Gasteiger partial charge is 0.350 e. The zero-order valence-electron chi connectivity index (χ0n) is 16.3. The minimum Gasteiger partial charge on any atom is -0.350 e. The Morgan fingerprint density at radius 3 is 2.80 bits per heavy atom. The maximum absolute atomic E-state index is 13.2. The van der Waals surface area contributed by atoms with Crippen molar-refractivity contribution in [2.45, 2.75) is 12.6 Å². The summed E-state index contributed by atoms with van der Waals surface area (Å²) in [6.45, 7) is 0.396. The third-order valence-corrected chi connectivity index (χ3v) is 5.54. The summed E-state index contributed by atoms with van der Waals surface area (Å²) < 4.78 is 0. The smallest absolute Gasteiger partial charge is 0.322 e. The molecule has 1 aromatic carbocycles. The molecule has 0 spiro atoms. The normalized spacial score (nSPS) is 18.4. The molecule has 0 saturated carbocycles. The van der Waals surface area contributed by atoms with Gasteiger partial charge in [-0.1, -0.05) is 35.9 Å². The molecule has 1 atom stereocenters. The second kappa shape index (κ2) is 8.16. The van der Waals surface area contributed by atoms with Gasteiger partial charge in [0.25, 0.3) is 5.91 Å². The molecular weight excluding hydrogens is 406 g/mol. The Balaban J connectivity index is 1.51. The van der Waals surface area contributed by atoms with Gasteiger partial charge < -0.3 is 15.5 Å². The number of hydrogen-bond donors (Lipinski definition) is 2. The first-order chi connectivity index (χ1) is 14.5. The summed E-state index contributed by atoms with van der Waals surface area (Å²) in [5.74, 6) is -0.582. The van der Waals surface area contributed by atoms with Crippen LogP contribution in [0.15, 0.2) is 60.1 Å². The number of carbonyl (C=O) groups is 3. The van der Waals surface area contributed by atoms with Gasteiger partial charge in [0.05, 0.1) is 23.9 Å². The fraction of sp³-hybridized carbons (Fsp3) is 0.238. The lowest BCUT2D eigenvalue weighted by Crippen LogP contribution is -2.45. The number of nitrogens with zero attached hydrogens (tertiary/aromatic N) is 3. The Labute approximate surface area is 178 Å². The molecule has 4 amide bonds. The maximum atomic E-state index is 13.2. The number of urea groups is 1. The molecule has 2 aromatic rings. The molecule has 30 heavy (non-hydrogen) atoms. The molecule has 8 nitrogen and oxygen atoms in total. The molecule has 0 aliphatic carbocycles. The number of benzene rings is 1. The van der Waals surface area contributed by atoms with Gasteiger partial charge >= 0.3 is 6.03 Å². The van der Waals surface area contributed by atoms with Gasteiger partial charge in [0.1, 0.15) is 6.54 Å². The first-order valence-electron chi connectivity index (χ1n) is 9.42. The SMILES string of the molecule is CN1C(=O)NC(c2ccccc2Cl)C2=C1CN(CC(=O)NCc1cccnc1)C2=O. The highest BCUT2D eigenvalue weighted by Crippen LogP contribution is 2.37. The lowest BCUT2D eigenvalue weighted by atomic mass is 9.96. The summed E-state index contributed by atoms with van der Waals surface area (Å²) >= 11 is 6.32. The van der Waals surface area contributed by atoms with Crippen LogP contribution in [-0.2, 0) is 16.1 Å². The number of aromatic nitrogens is 1. The van der Waals surface area contributed by atoms with Gasteiger partial charge in [-0.15, -0.1) is 0 Å². The van der Waals surface area contributed by atoms with E-state index in [0.717, 1.165) is 5.56 Å². The van der Waals surface area contributed by atoms with Gasteiger partial charge in [0.15, 0.2) is 0 Å². The number of carbonyl (C=O) groups excluding carboxylic acids is 3. The van der Waals surface area contributed by atoms with Crippen LogP contribution in [0.1, 0.15) is 17.2 Å². The van der Waals surface area contributed by atoms with E-state index in [-0.39, 0.29) is 30.9 Å². The number of likely N-dealkylation sites (N-methyl/N-ethyl adjacent to an activating group) is 1. The zero-order valence-corrected chi connectivity index (χ0v) is 17.0. The monoisotopic (exact) mass is 425 g/mol. The lowest BCUT2D eigenvalue weighted by molar-refractivity contribution is -0.132. The fourth-order valence-corrected chi connectivity index (χ4v) is 3.87. The molecule has 1 unspecified atom stereocenters. The summed E-state index contributed by atoms with van der Waals surface area (Å²) in [6, 6.07) is 9.74. The molecule has 2 aliphatic rings. The second-order valence-electron chi connectivity index (χ2n) is 7.12. The van der Waals surface area contributed by atoms with Crippen molar-refractivity contribution in [3.8, 4) is 0 Å². The molecule has 0 saturated heterocycles. The average Bonchev–Trinajstić information content (AvgIpc) is 3.07. The Bertz CT molecular complexity index is 1040. The zero-order chi connectivity index (χ0) is 21.3. The fourth-order valence-electron chi connectivity index (χ4n) is 3.63. The van der Waals surface area contributed by atoms with Gasteiger partial charge in [-0.25, -0.2) is 4.79 Å². The van der Waals surface area contributed by atoms with Gasteiger partial charge in [0.2, 0.25) is 5.91 Å². The molecule has 1 aromatic heterocycles. The highest BCUT2D eigenvalue weighted by molar-refractivity contribution is 6.31. The Morgan fingerprint density at radius 1 is 1.27 bits per heavy atom. The van der Waals surface area contributed by atoms with E-state index in [1.54, 1.807) is 49.8 Å². The molecule has 9 heteroatoms. The van der Waals surface area contributed by atoms with Crippen LogP contribution in [0.5, 0.6) is 0 Å². The van der Waals surface area contributed by atoms with Crippen molar-refractivity contribution in [1.82, 2.24) is 25.4 Å². The third-order valence-electron chi connectivity index (χ3n) is 5.20. The van der Waals surface area contributed by atoms with Crippen LogP contribution in [0.3, 0.4) is 0 Å². The topological polar surface area (TPSA) is 94.6 Å². The minimum atomic E-state index is -0.659. The highest BCUT2D eigenvalue weighted by atomic mass is 35.5. The lowest BCUT2D eigenvalue weighted by Gasteiger charge is -2.31. The van der Waals surface area contributed by atoms with E-state index in [4.69, 9.17) is 11.6 Å². The van der Waals surface area contributed by atoms with E-state index in [1.165, 1.54) is 9.80 Å². The van der Waals surface area contributed by atoms with Crippen molar-refractivity contribution in [2.24, 2.45) is 0 Å². The number of halogens is 1. The number of pyridine rings is 1. The maximum Gasteiger partial charge on any atom is 0.322 e. The van der Waals surface area contributed by atoms with Gasteiger partial charge in [-0.05, 0) is 23.3 Å². The number of amides is 4. The van der Waals surface area contributed by atoms with Crippen molar-refractivity contribution in [3.05, 3.63) is 76.2 Å². The summed E-state index contributed by atoms with van der Waals surface area (Å²) in [7, 11) is 1.60. The van der Waals surface area contributed by atoms with E-state index in [1.807, 2.05) is 6.07 Å². The molecule has 0 bridgehead atoms. The predicted molar refractivity (Wildman–Crippen MR) is 110 cm³/mol. The highest BCUT2D eigenvalue weighted by Gasteiger charge is 2.43. The van der Waals surface area contributed by atoms with Crippen LogP contribution in [0.2, 0.25) is 5.02 Å². The van der Waals surface area contributed by atoms with E-state index in [0.29, 0.717) is 28.4 Å². The van der Waals surface area contributed by atoms with Crippen LogP contribution >= 0.6 is 11.6 Å². The molecule has 4 rings (SSSR count). The van der Waals surface area contributed by atoms with Crippen molar-refractivity contribution < 1.29 is 14.4 Å². The van der Waals surface area contributed by atoms with E-state index < -0.39 is 6.04 Å². The first-order valence-corrected chi connectivity index (χ1v) is 9.80. The van der Waals surface area contributed by atoms with Gasteiger partial charge in [-0.3, -0.25) is 19.5 Å². The van der Waals surface area contributed by atoms with E-state index in [2.05, 4.69) is 15.6 Å². The van der Waals surface area contributed by atoms with Crippen LogP contribution < -0.4 is 10.6 Å². The van der Waals surface area contributed by atoms with Crippen molar-refractivity contribution >= 4 is 29.4 Å². The van der Waals surface area contributed by atoms with Crippen molar-refractivity contribution in [2.75, 3.05) is 20.1 Å². The number of rotatable bonds is 5. The second-order valence-corrected chi connectivity index (χ2v) is 7.53. The van der Waals surface area contributed by atoms with Crippen LogP contribution in [-0.4, -0.2) is 52.8 Å². The van der Waals surface area contributed by atoms with Crippen LogP contribution in [0.4, 0.5) is 4.79 Å². The summed E-state index contributed by atoms with van der Waals surface area (Å²) in [5.41, 5.74) is 2.52. The van der Waals surface area contributed by atoms with E-state index >= 15 is 0 Å². The standard InChI is InChI=1S/C21H20ClN5O3/c1-26-16-11-27(12-17(28)24-10-13-5-4-8-23-9-13)20(29)18(16)19(25-21(26)30)14-6-2-3-7-15(14)22/h2-9,19H,10-12H2,1H3,(H,24,28)(H,25,30). The molecule has 0 radical (unpaired) electrons. The Kier molecular flexibility index (Phi) is 5.41. The van der Waals surface area contributed by atoms with Crippen molar-refractivity contribution in [3.63, 3.8) is 0 Å². The number of hydrogen-bond acceptors (Lipinski definition) is 4. The van der Waals surface area contributed by atoms with Gasteiger partial charge in [0, 0.05) is 31.0 Å². The summed E-state index contributed by atoms with van der Waals surface area (Å²) in [5, 5.41) is 6.08. The first kappa shape index (κ1) is 19.9. The number of nitrogens with one attached hydrogen (secondary N) is 2. The molecule has 2 aliphatic heterocycles. The molecule has 3 heterocycles. The van der Waals surface area contributed by atoms with E-state index in [9.17, 15) is 14.4 Å². The molecule has 2 N–H and O–H groups in total. The van der Waals surface area contributed by atoms with Crippen LogP contribution in [0, 0.1) is 0 Å². The van der Waals surface area contributed by atoms with Crippen molar-refractivity contribution in [1.29, 1.82) is 0 Å². The third kappa shape index (κ3) is 3.73. The quantitative estimate of drug-likeness (QED) is 0.764. The Morgan fingerprint density at radius 2 is 2.07 bits per heavy atom.